The molecular formula is C26H22BrN3O5. The summed E-state index contributed by atoms with van der Waals surface area (Å²) in [7, 11) is 1.52. The fourth-order valence-electron chi connectivity index (χ4n) is 4.42. The second kappa shape index (κ2) is 9.42. The van der Waals surface area contributed by atoms with Crippen LogP contribution in [0.1, 0.15) is 28.6 Å². The third-order valence-electron chi connectivity index (χ3n) is 6.04. The number of amides is 1. The van der Waals surface area contributed by atoms with E-state index in [4.69, 9.17) is 9.15 Å². The highest BCUT2D eigenvalue weighted by atomic mass is 79.9. The number of fused-ring (bicyclic) bond motifs is 1. The molecule has 0 saturated carbocycles. The van der Waals surface area contributed by atoms with E-state index >= 15 is 0 Å². The number of carbonyl (C=O) groups is 2. The molecule has 3 heterocycles. The van der Waals surface area contributed by atoms with Crippen LogP contribution in [0.15, 0.2) is 87.5 Å². The Hall–Kier alpha value is -3.85. The third kappa shape index (κ3) is 4.23. The van der Waals surface area contributed by atoms with E-state index < -0.39 is 23.5 Å². The number of carbonyl (C=O) groups excluding carboxylic acids is 2. The second-order valence-corrected chi connectivity index (χ2v) is 9.11. The average molecular weight is 536 g/mol. The molecule has 0 aliphatic carbocycles. The number of imidazole rings is 1. The van der Waals surface area contributed by atoms with E-state index in [1.54, 1.807) is 36.8 Å². The molecule has 178 valence electrons. The van der Waals surface area contributed by atoms with Gasteiger partial charge in [-0.1, -0.05) is 40.2 Å². The summed E-state index contributed by atoms with van der Waals surface area (Å²) in [5.41, 5.74) is 1.13. The molecule has 1 unspecified atom stereocenters. The van der Waals surface area contributed by atoms with E-state index in [1.165, 1.54) is 12.0 Å². The van der Waals surface area contributed by atoms with E-state index in [0.29, 0.717) is 41.8 Å². The lowest BCUT2D eigenvalue weighted by atomic mass is 9.95. The van der Waals surface area contributed by atoms with Gasteiger partial charge in [-0.15, -0.1) is 0 Å². The zero-order valence-electron chi connectivity index (χ0n) is 18.8. The zero-order chi connectivity index (χ0) is 24.5. The maximum atomic E-state index is 13.7. The van der Waals surface area contributed by atoms with Crippen molar-refractivity contribution < 1.29 is 23.8 Å². The number of benzene rings is 2. The van der Waals surface area contributed by atoms with Crippen molar-refractivity contribution in [2.45, 2.75) is 19.0 Å². The first kappa shape index (κ1) is 22.9. The van der Waals surface area contributed by atoms with Gasteiger partial charge in [0.25, 0.3) is 5.91 Å². The summed E-state index contributed by atoms with van der Waals surface area (Å²) in [4.78, 5) is 32.4. The van der Waals surface area contributed by atoms with Crippen molar-refractivity contribution in [2.24, 2.45) is 0 Å². The quantitative estimate of drug-likeness (QED) is 0.316. The van der Waals surface area contributed by atoms with Crippen LogP contribution in [0.5, 0.6) is 5.75 Å². The van der Waals surface area contributed by atoms with Gasteiger partial charge in [0.2, 0.25) is 5.78 Å². The van der Waals surface area contributed by atoms with Crippen molar-refractivity contribution in [3.63, 3.8) is 0 Å². The zero-order valence-corrected chi connectivity index (χ0v) is 20.4. The number of aliphatic hydroxyl groups excluding tert-OH is 1. The molecule has 0 bridgehead atoms. The SMILES string of the molecule is COc1cccc2cc(C(=O)C3=C(O)C(=O)N(CCCn4ccnc4)C3c3cccc(Br)c3)oc12. The van der Waals surface area contributed by atoms with Crippen molar-refractivity contribution in [1.29, 1.82) is 0 Å². The van der Waals surface area contributed by atoms with E-state index in [0.717, 1.165) is 4.47 Å². The van der Waals surface area contributed by atoms with E-state index in [2.05, 4.69) is 20.9 Å². The number of hydrogen-bond acceptors (Lipinski definition) is 6. The van der Waals surface area contributed by atoms with Gasteiger partial charge in [-0.3, -0.25) is 9.59 Å². The van der Waals surface area contributed by atoms with Crippen LogP contribution in [-0.2, 0) is 11.3 Å². The minimum Gasteiger partial charge on any atom is -0.503 e. The van der Waals surface area contributed by atoms with Crippen molar-refractivity contribution in [2.75, 3.05) is 13.7 Å². The number of furan rings is 1. The van der Waals surface area contributed by atoms with Gasteiger partial charge in [0.1, 0.15) is 0 Å². The van der Waals surface area contributed by atoms with Crippen LogP contribution in [0.25, 0.3) is 11.0 Å². The van der Waals surface area contributed by atoms with Gasteiger partial charge in [0.15, 0.2) is 22.9 Å². The summed E-state index contributed by atoms with van der Waals surface area (Å²) in [5, 5.41) is 11.6. The van der Waals surface area contributed by atoms with E-state index in [1.807, 2.05) is 35.0 Å². The Kier molecular flexibility index (Phi) is 6.17. The predicted octanol–water partition coefficient (Wildman–Crippen LogP) is 5.07. The van der Waals surface area contributed by atoms with Crippen LogP contribution in [-0.4, -0.2) is 44.9 Å². The number of hydrogen-bond donors (Lipinski definition) is 1. The van der Waals surface area contributed by atoms with Crippen LogP contribution in [0, 0.1) is 0 Å². The van der Waals surface area contributed by atoms with Crippen LogP contribution in [0.4, 0.5) is 0 Å². The molecule has 1 aliphatic rings. The molecule has 0 radical (unpaired) electrons. The van der Waals surface area contributed by atoms with Gasteiger partial charge >= 0.3 is 0 Å². The highest BCUT2D eigenvalue weighted by Gasteiger charge is 2.44. The van der Waals surface area contributed by atoms with Gasteiger partial charge in [-0.05, 0) is 36.2 Å². The number of ketones is 1. The standard InChI is InChI=1S/C26H22BrN3O5/c1-34-19-8-3-6-17-14-20(35-25(17)19)23(31)21-22(16-5-2-7-18(27)13-16)30(26(33)24(21)32)11-4-10-29-12-9-28-15-29/h2-3,5-9,12-15,22,32H,4,10-11H2,1H3. The molecule has 5 rings (SSSR count). The largest absolute Gasteiger partial charge is 0.503 e. The fraction of sp³-hybridized carbons (Fsp3) is 0.192. The molecule has 8 nitrogen and oxygen atoms in total. The molecule has 1 atom stereocenters. The Balaban J connectivity index is 1.52. The fourth-order valence-corrected chi connectivity index (χ4v) is 4.84. The van der Waals surface area contributed by atoms with E-state index in [9.17, 15) is 14.7 Å². The number of nitrogens with zero attached hydrogens (tertiary/aromatic N) is 3. The summed E-state index contributed by atoms with van der Waals surface area (Å²) >= 11 is 3.47. The predicted molar refractivity (Wildman–Crippen MR) is 132 cm³/mol. The molecular weight excluding hydrogens is 514 g/mol. The lowest BCUT2D eigenvalue weighted by Gasteiger charge is -2.27. The number of para-hydroxylation sites is 1. The van der Waals surface area contributed by atoms with Crippen molar-refractivity contribution in [3.05, 3.63) is 94.4 Å². The lowest BCUT2D eigenvalue weighted by Crippen LogP contribution is -2.32. The number of aryl methyl sites for hydroxylation is 1. The smallest absolute Gasteiger partial charge is 0.290 e. The Morgan fingerprint density at radius 1 is 1.20 bits per heavy atom. The number of rotatable bonds is 8. The number of Topliss-reactive ketones (excluding diaryl/α,β-unsaturated/α-hetero) is 1. The molecule has 1 aliphatic heterocycles. The minimum atomic E-state index is -0.759. The summed E-state index contributed by atoms with van der Waals surface area (Å²) in [6.07, 6.45) is 5.86. The summed E-state index contributed by atoms with van der Waals surface area (Å²) in [6, 6.07) is 13.6. The first-order chi connectivity index (χ1) is 17.0. The number of ether oxygens (including phenoxy) is 1. The summed E-state index contributed by atoms with van der Waals surface area (Å²) in [6.45, 7) is 0.978. The molecule has 1 amide bonds. The van der Waals surface area contributed by atoms with Gasteiger partial charge in [0, 0.05) is 35.3 Å². The summed E-state index contributed by atoms with van der Waals surface area (Å²) in [5.74, 6) is -1.17. The van der Waals surface area contributed by atoms with Crippen LogP contribution in [0.3, 0.4) is 0 Å². The molecule has 0 saturated heterocycles. The van der Waals surface area contributed by atoms with Crippen molar-refractivity contribution in [1.82, 2.24) is 14.5 Å². The van der Waals surface area contributed by atoms with Crippen molar-refractivity contribution in [3.8, 4) is 5.75 Å². The maximum Gasteiger partial charge on any atom is 0.290 e. The molecule has 4 aromatic rings. The van der Waals surface area contributed by atoms with Crippen LogP contribution >= 0.6 is 15.9 Å². The normalized spacial score (nSPS) is 15.9. The van der Waals surface area contributed by atoms with Crippen LogP contribution in [0.2, 0.25) is 0 Å². The van der Waals surface area contributed by atoms with Gasteiger partial charge in [-0.2, -0.15) is 0 Å². The molecule has 2 aromatic carbocycles. The number of aromatic nitrogens is 2. The molecule has 35 heavy (non-hydrogen) atoms. The molecule has 9 heteroatoms. The highest BCUT2D eigenvalue weighted by molar-refractivity contribution is 9.10. The number of methoxy groups -OCH3 is 1. The second-order valence-electron chi connectivity index (χ2n) is 8.19. The molecule has 0 fully saturated rings. The van der Waals surface area contributed by atoms with Crippen molar-refractivity contribution >= 4 is 38.6 Å². The average Bonchev–Trinajstić information content (AvgIpc) is 3.58. The Bertz CT molecular complexity index is 1440. The molecule has 0 spiro atoms. The molecule has 1 N–H and O–H groups in total. The third-order valence-corrected chi connectivity index (χ3v) is 6.53. The molecule has 2 aromatic heterocycles. The van der Waals surface area contributed by atoms with Crippen LogP contribution < -0.4 is 4.74 Å². The Labute approximate surface area is 209 Å². The van der Waals surface area contributed by atoms with Gasteiger partial charge < -0.3 is 23.7 Å². The number of halogens is 1. The lowest BCUT2D eigenvalue weighted by molar-refractivity contribution is -0.129. The van der Waals surface area contributed by atoms with Gasteiger partial charge in [0.05, 0.1) is 25.1 Å². The maximum absolute atomic E-state index is 13.7. The number of aliphatic hydroxyl groups is 1. The highest BCUT2D eigenvalue weighted by Crippen LogP contribution is 2.41. The van der Waals surface area contributed by atoms with E-state index in [-0.39, 0.29) is 11.3 Å². The Morgan fingerprint density at radius 2 is 2.03 bits per heavy atom. The minimum absolute atomic E-state index is 0.00578. The monoisotopic (exact) mass is 535 g/mol. The first-order valence-corrected chi connectivity index (χ1v) is 11.8. The Morgan fingerprint density at radius 3 is 2.77 bits per heavy atom. The first-order valence-electron chi connectivity index (χ1n) is 11.0. The summed E-state index contributed by atoms with van der Waals surface area (Å²) < 4.78 is 13.9. The van der Waals surface area contributed by atoms with Gasteiger partial charge in [-0.25, -0.2) is 4.98 Å². The topological polar surface area (TPSA) is 97.8 Å².